The van der Waals surface area contributed by atoms with Crippen molar-refractivity contribution < 1.29 is 14.3 Å². The molecule has 1 atom stereocenters. The topological polar surface area (TPSA) is 38.8 Å². The van der Waals surface area contributed by atoms with Crippen molar-refractivity contribution in [3.8, 4) is 5.75 Å². The predicted octanol–water partition coefficient (Wildman–Crippen LogP) is 2.73. The molecule has 1 heterocycles. The second-order valence-electron chi connectivity index (χ2n) is 5.48. The van der Waals surface area contributed by atoms with Crippen LogP contribution >= 0.6 is 0 Å². The first-order chi connectivity index (χ1) is 10.3. The lowest BCUT2D eigenvalue weighted by atomic mass is 10.1. The van der Waals surface area contributed by atoms with Crippen LogP contribution in [0.1, 0.15) is 26.2 Å². The first-order valence-corrected chi connectivity index (χ1v) is 7.83. The van der Waals surface area contributed by atoms with E-state index < -0.39 is 0 Å². The Kier molecular flexibility index (Phi) is 6.54. The van der Waals surface area contributed by atoms with Gasteiger partial charge in [-0.1, -0.05) is 25.1 Å². The molecule has 1 aliphatic rings. The summed E-state index contributed by atoms with van der Waals surface area (Å²) in [6.45, 7) is 5.82. The maximum absolute atomic E-state index is 12.1. The van der Waals surface area contributed by atoms with E-state index in [1.165, 1.54) is 0 Å². The molecule has 1 saturated heterocycles. The van der Waals surface area contributed by atoms with E-state index in [1.54, 1.807) is 0 Å². The summed E-state index contributed by atoms with van der Waals surface area (Å²) in [5.74, 6) is 1.50. The normalized spacial score (nSPS) is 18.0. The van der Waals surface area contributed by atoms with E-state index in [-0.39, 0.29) is 5.91 Å². The van der Waals surface area contributed by atoms with Crippen molar-refractivity contribution in [3.05, 3.63) is 30.3 Å². The van der Waals surface area contributed by atoms with Gasteiger partial charge in [0.25, 0.3) is 0 Å². The number of rotatable bonds is 8. The van der Waals surface area contributed by atoms with Crippen LogP contribution in [0.5, 0.6) is 5.75 Å². The number of nitrogens with zero attached hydrogens (tertiary/aromatic N) is 1. The monoisotopic (exact) mass is 291 g/mol. The number of carbonyl (C=O) groups excluding carboxylic acids is 1. The molecule has 0 N–H and O–H groups in total. The molecule has 4 heteroatoms. The Morgan fingerprint density at radius 3 is 2.86 bits per heavy atom. The SMILES string of the molecule is CCCOC[C@H]1CCN(C(=O)CCOc2ccccc2)C1. The Morgan fingerprint density at radius 2 is 2.10 bits per heavy atom. The maximum atomic E-state index is 12.1. The number of hydrogen-bond acceptors (Lipinski definition) is 3. The molecule has 1 amide bonds. The van der Waals surface area contributed by atoms with Crippen LogP contribution in [0.25, 0.3) is 0 Å². The third kappa shape index (κ3) is 5.38. The minimum Gasteiger partial charge on any atom is -0.493 e. The minimum atomic E-state index is 0.184. The molecule has 0 bridgehead atoms. The van der Waals surface area contributed by atoms with Gasteiger partial charge in [-0.05, 0) is 25.0 Å². The van der Waals surface area contributed by atoms with Crippen LogP contribution < -0.4 is 4.74 Å². The summed E-state index contributed by atoms with van der Waals surface area (Å²) in [5, 5.41) is 0. The van der Waals surface area contributed by atoms with Gasteiger partial charge in [-0.15, -0.1) is 0 Å². The third-order valence-corrected chi connectivity index (χ3v) is 3.67. The van der Waals surface area contributed by atoms with E-state index in [1.807, 2.05) is 35.2 Å². The van der Waals surface area contributed by atoms with Crippen LogP contribution in [0, 0.1) is 5.92 Å². The molecule has 0 spiro atoms. The zero-order valence-electron chi connectivity index (χ0n) is 12.8. The number of ether oxygens (including phenoxy) is 2. The number of amides is 1. The van der Waals surface area contributed by atoms with Gasteiger partial charge in [0.15, 0.2) is 0 Å². The average Bonchev–Trinajstić information content (AvgIpc) is 2.97. The molecule has 21 heavy (non-hydrogen) atoms. The van der Waals surface area contributed by atoms with E-state index in [4.69, 9.17) is 9.47 Å². The van der Waals surface area contributed by atoms with Crippen molar-refractivity contribution in [2.75, 3.05) is 32.9 Å². The van der Waals surface area contributed by atoms with Crippen LogP contribution in [0.4, 0.5) is 0 Å². The number of hydrogen-bond donors (Lipinski definition) is 0. The molecule has 0 aliphatic carbocycles. The van der Waals surface area contributed by atoms with E-state index in [9.17, 15) is 4.79 Å². The summed E-state index contributed by atoms with van der Waals surface area (Å²) in [6.07, 6.45) is 2.54. The maximum Gasteiger partial charge on any atom is 0.226 e. The van der Waals surface area contributed by atoms with Crippen molar-refractivity contribution in [3.63, 3.8) is 0 Å². The van der Waals surface area contributed by atoms with Crippen molar-refractivity contribution >= 4 is 5.91 Å². The Morgan fingerprint density at radius 1 is 1.29 bits per heavy atom. The first-order valence-electron chi connectivity index (χ1n) is 7.83. The minimum absolute atomic E-state index is 0.184. The van der Waals surface area contributed by atoms with Gasteiger partial charge in [0, 0.05) is 25.6 Å². The molecule has 0 unspecified atom stereocenters. The molecule has 4 nitrogen and oxygen atoms in total. The summed E-state index contributed by atoms with van der Waals surface area (Å²) in [6, 6.07) is 9.61. The highest BCUT2D eigenvalue weighted by atomic mass is 16.5. The molecule has 1 aromatic carbocycles. The predicted molar refractivity (Wildman–Crippen MR) is 82.4 cm³/mol. The van der Waals surface area contributed by atoms with Gasteiger partial charge in [-0.2, -0.15) is 0 Å². The molecule has 1 aromatic rings. The fourth-order valence-electron chi connectivity index (χ4n) is 2.52. The van der Waals surface area contributed by atoms with Gasteiger partial charge in [0.1, 0.15) is 5.75 Å². The molecular formula is C17H25NO3. The van der Waals surface area contributed by atoms with Gasteiger partial charge in [-0.25, -0.2) is 0 Å². The van der Waals surface area contributed by atoms with E-state index >= 15 is 0 Å². The summed E-state index contributed by atoms with van der Waals surface area (Å²) in [4.78, 5) is 14.1. The van der Waals surface area contributed by atoms with Gasteiger partial charge in [0.2, 0.25) is 5.91 Å². The zero-order chi connectivity index (χ0) is 14.9. The number of likely N-dealkylation sites (tertiary alicyclic amines) is 1. The number of carbonyl (C=O) groups is 1. The summed E-state index contributed by atoms with van der Waals surface area (Å²) < 4.78 is 11.1. The van der Waals surface area contributed by atoms with Gasteiger partial charge in [0.05, 0.1) is 19.6 Å². The highest BCUT2D eigenvalue weighted by molar-refractivity contribution is 5.76. The quantitative estimate of drug-likeness (QED) is 0.691. The lowest BCUT2D eigenvalue weighted by Gasteiger charge is -2.17. The molecule has 0 saturated carbocycles. The smallest absolute Gasteiger partial charge is 0.226 e. The van der Waals surface area contributed by atoms with Crippen LogP contribution in [0.2, 0.25) is 0 Å². The highest BCUT2D eigenvalue weighted by Crippen LogP contribution is 2.17. The Balaban J connectivity index is 1.63. The standard InChI is InChI=1S/C17H25NO3/c1-2-11-20-14-15-8-10-18(13-15)17(19)9-12-21-16-6-4-3-5-7-16/h3-7,15H,2,8-14H2,1H3/t15-/m0/s1. The summed E-state index contributed by atoms with van der Waals surface area (Å²) >= 11 is 0. The average molecular weight is 291 g/mol. The number of benzene rings is 1. The molecule has 1 fully saturated rings. The van der Waals surface area contributed by atoms with Crippen LogP contribution in [-0.2, 0) is 9.53 Å². The third-order valence-electron chi connectivity index (χ3n) is 3.67. The van der Waals surface area contributed by atoms with E-state index in [0.717, 1.165) is 44.9 Å². The number of para-hydroxylation sites is 1. The van der Waals surface area contributed by atoms with Gasteiger partial charge >= 0.3 is 0 Å². The van der Waals surface area contributed by atoms with Crippen molar-refractivity contribution in [1.82, 2.24) is 4.90 Å². The van der Waals surface area contributed by atoms with E-state index in [0.29, 0.717) is 18.9 Å². The largest absolute Gasteiger partial charge is 0.493 e. The van der Waals surface area contributed by atoms with Crippen LogP contribution in [-0.4, -0.2) is 43.7 Å². The van der Waals surface area contributed by atoms with Crippen molar-refractivity contribution in [2.45, 2.75) is 26.2 Å². The van der Waals surface area contributed by atoms with Gasteiger partial charge in [-0.3, -0.25) is 4.79 Å². The lowest BCUT2D eigenvalue weighted by Crippen LogP contribution is -2.30. The second-order valence-corrected chi connectivity index (χ2v) is 5.48. The molecule has 1 aliphatic heterocycles. The first kappa shape index (κ1) is 15.8. The van der Waals surface area contributed by atoms with Crippen LogP contribution in [0.3, 0.4) is 0 Å². The Hall–Kier alpha value is -1.55. The molecule has 2 rings (SSSR count). The molecular weight excluding hydrogens is 266 g/mol. The summed E-state index contributed by atoms with van der Waals surface area (Å²) in [5.41, 5.74) is 0. The van der Waals surface area contributed by atoms with Crippen LogP contribution in [0.15, 0.2) is 30.3 Å². The zero-order valence-corrected chi connectivity index (χ0v) is 12.8. The fraction of sp³-hybridized carbons (Fsp3) is 0.588. The molecule has 0 aromatic heterocycles. The highest BCUT2D eigenvalue weighted by Gasteiger charge is 2.25. The lowest BCUT2D eigenvalue weighted by molar-refractivity contribution is -0.130. The summed E-state index contributed by atoms with van der Waals surface area (Å²) in [7, 11) is 0. The second kappa shape index (κ2) is 8.67. The van der Waals surface area contributed by atoms with Crippen molar-refractivity contribution in [2.24, 2.45) is 5.92 Å². The van der Waals surface area contributed by atoms with Gasteiger partial charge < -0.3 is 14.4 Å². The molecule has 0 radical (unpaired) electrons. The van der Waals surface area contributed by atoms with E-state index in [2.05, 4.69) is 6.92 Å². The van der Waals surface area contributed by atoms with Crippen molar-refractivity contribution in [1.29, 1.82) is 0 Å². The molecule has 116 valence electrons. The Labute approximate surface area is 127 Å². The Bertz CT molecular complexity index is 421. The fourth-order valence-corrected chi connectivity index (χ4v) is 2.52.